The molecule has 2 N–H and O–H groups in total. The summed E-state index contributed by atoms with van der Waals surface area (Å²) < 4.78 is 37.9. The van der Waals surface area contributed by atoms with Gasteiger partial charge in [0, 0.05) is 4.47 Å². The maximum Gasteiger partial charge on any atom is 0.253 e. The Hall–Kier alpha value is -0.550. The highest BCUT2D eigenvalue weighted by atomic mass is 79.9. The molecule has 0 aliphatic heterocycles. The predicted molar refractivity (Wildman–Crippen MR) is 51.8 cm³/mol. The summed E-state index contributed by atoms with van der Waals surface area (Å²) in [4.78, 5) is 0. The molecule has 1 atom stereocenters. The number of benzene rings is 1. The Morgan fingerprint density at radius 1 is 1.36 bits per heavy atom. The summed E-state index contributed by atoms with van der Waals surface area (Å²) in [5.41, 5.74) is 5.34. The van der Waals surface area contributed by atoms with Gasteiger partial charge in [0.15, 0.2) is 0 Å². The van der Waals surface area contributed by atoms with Crippen LogP contribution in [0.3, 0.4) is 0 Å². The first-order chi connectivity index (χ1) is 6.50. The fourth-order valence-electron chi connectivity index (χ4n) is 1.03. The van der Waals surface area contributed by atoms with Crippen LogP contribution in [0.15, 0.2) is 22.7 Å². The Bertz CT molecular complexity index is 317. The molecule has 0 fully saturated rings. The van der Waals surface area contributed by atoms with Gasteiger partial charge in [-0.05, 0) is 24.1 Å². The number of rotatable bonds is 3. The van der Waals surface area contributed by atoms with E-state index >= 15 is 0 Å². The van der Waals surface area contributed by atoms with Gasteiger partial charge in [0.2, 0.25) is 0 Å². The summed E-state index contributed by atoms with van der Waals surface area (Å²) >= 11 is 3.07. The molecule has 0 aliphatic carbocycles. The second-order valence-electron chi connectivity index (χ2n) is 2.94. The van der Waals surface area contributed by atoms with Crippen molar-refractivity contribution in [3.63, 3.8) is 0 Å². The zero-order valence-corrected chi connectivity index (χ0v) is 8.77. The SMILES string of the molecule is NC(Cc1ccc(Br)cc1F)C(F)F. The Kier molecular flexibility index (Phi) is 3.95. The molecule has 0 heterocycles. The average Bonchev–Trinajstić information content (AvgIpc) is 2.09. The molecule has 14 heavy (non-hydrogen) atoms. The van der Waals surface area contributed by atoms with E-state index in [1.807, 2.05) is 0 Å². The topological polar surface area (TPSA) is 26.0 Å². The highest BCUT2D eigenvalue weighted by Gasteiger charge is 2.17. The largest absolute Gasteiger partial charge is 0.323 e. The maximum absolute atomic E-state index is 13.1. The van der Waals surface area contributed by atoms with E-state index in [9.17, 15) is 13.2 Å². The van der Waals surface area contributed by atoms with Gasteiger partial charge < -0.3 is 5.73 Å². The standard InChI is InChI=1S/C9H9BrF3N/c10-6-2-1-5(7(11)4-6)3-8(14)9(12)13/h1-2,4,8-9H,3,14H2. The van der Waals surface area contributed by atoms with Gasteiger partial charge in [-0.15, -0.1) is 0 Å². The summed E-state index contributed by atoms with van der Waals surface area (Å²) in [7, 11) is 0. The van der Waals surface area contributed by atoms with Gasteiger partial charge in [0.25, 0.3) is 6.43 Å². The maximum atomic E-state index is 13.1. The van der Waals surface area contributed by atoms with Gasteiger partial charge in [-0.3, -0.25) is 0 Å². The first kappa shape index (κ1) is 11.5. The van der Waals surface area contributed by atoms with E-state index in [0.29, 0.717) is 4.47 Å². The molecule has 0 aromatic heterocycles. The summed E-state index contributed by atoms with van der Waals surface area (Å²) in [6.07, 6.45) is -2.78. The highest BCUT2D eigenvalue weighted by molar-refractivity contribution is 9.10. The monoisotopic (exact) mass is 267 g/mol. The predicted octanol–water partition coefficient (Wildman–Crippen LogP) is 2.72. The minimum atomic E-state index is -2.63. The van der Waals surface area contributed by atoms with Crippen molar-refractivity contribution >= 4 is 15.9 Å². The second kappa shape index (κ2) is 4.79. The lowest BCUT2D eigenvalue weighted by atomic mass is 10.1. The Morgan fingerprint density at radius 2 is 2.00 bits per heavy atom. The van der Waals surface area contributed by atoms with Crippen LogP contribution >= 0.6 is 15.9 Å². The molecule has 78 valence electrons. The molecule has 0 bridgehead atoms. The van der Waals surface area contributed by atoms with Gasteiger partial charge in [-0.25, -0.2) is 13.2 Å². The van der Waals surface area contributed by atoms with Crippen LogP contribution in [0, 0.1) is 5.82 Å². The van der Waals surface area contributed by atoms with Crippen molar-refractivity contribution in [3.8, 4) is 0 Å². The molecule has 1 nitrogen and oxygen atoms in total. The fourth-order valence-corrected chi connectivity index (χ4v) is 1.36. The number of nitrogens with two attached hydrogens (primary N) is 1. The highest BCUT2D eigenvalue weighted by Crippen LogP contribution is 2.17. The van der Waals surface area contributed by atoms with Crippen molar-refractivity contribution in [1.82, 2.24) is 0 Å². The van der Waals surface area contributed by atoms with Crippen LogP contribution < -0.4 is 5.73 Å². The fraction of sp³-hybridized carbons (Fsp3) is 0.333. The molecule has 1 rings (SSSR count). The van der Waals surface area contributed by atoms with Gasteiger partial charge in [-0.2, -0.15) is 0 Å². The molecule has 0 spiro atoms. The third-order valence-corrected chi connectivity index (χ3v) is 2.29. The number of halogens is 4. The summed E-state index contributed by atoms with van der Waals surface area (Å²) in [6, 6.07) is 2.96. The Balaban J connectivity index is 2.77. The smallest absolute Gasteiger partial charge is 0.253 e. The van der Waals surface area contributed by atoms with Crippen molar-refractivity contribution < 1.29 is 13.2 Å². The van der Waals surface area contributed by atoms with Crippen molar-refractivity contribution in [3.05, 3.63) is 34.1 Å². The van der Waals surface area contributed by atoms with E-state index in [1.54, 1.807) is 6.07 Å². The van der Waals surface area contributed by atoms with Crippen LogP contribution in [0.2, 0.25) is 0 Å². The summed E-state index contributed by atoms with van der Waals surface area (Å²) in [5.74, 6) is -0.518. The summed E-state index contributed by atoms with van der Waals surface area (Å²) in [6.45, 7) is 0. The van der Waals surface area contributed by atoms with Crippen molar-refractivity contribution in [2.75, 3.05) is 0 Å². The molecule has 1 unspecified atom stereocenters. The van der Waals surface area contributed by atoms with Crippen molar-refractivity contribution in [2.24, 2.45) is 5.73 Å². The van der Waals surface area contributed by atoms with E-state index in [-0.39, 0.29) is 12.0 Å². The van der Waals surface area contributed by atoms with Crippen LogP contribution in [0.5, 0.6) is 0 Å². The average molecular weight is 268 g/mol. The van der Waals surface area contributed by atoms with E-state index in [0.717, 1.165) is 0 Å². The molecule has 1 aromatic carbocycles. The van der Waals surface area contributed by atoms with E-state index in [1.165, 1.54) is 12.1 Å². The van der Waals surface area contributed by atoms with Crippen LogP contribution in [-0.2, 0) is 6.42 Å². The number of alkyl halides is 2. The molecule has 0 amide bonds. The van der Waals surface area contributed by atoms with Gasteiger partial charge in [0.05, 0.1) is 6.04 Å². The van der Waals surface area contributed by atoms with Crippen LogP contribution in [0.1, 0.15) is 5.56 Å². The normalized spacial score (nSPS) is 13.3. The summed E-state index contributed by atoms with van der Waals surface area (Å²) in [5, 5.41) is 0. The molecular formula is C9H9BrF3N. The van der Waals surface area contributed by atoms with Crippen LogP contribution in [0.25, 0.3) is 0 Å². The molecule has 1 aromatic rings. The lowest BCUT2D eigenvalue weighted by Crippen LogP contribution is -2.31. The third-order valence-electron chi connectivity index (χ3n) is 1.79. The van der Waals surface area contributed by atoms with Crippen LogP contribution in [0.4, 0.5) is 13.2 Å². The molecule has 0 saturated heterocycles. The van der Waals surface area contributed by atoms with Crippen molar-refractivity contribution in [2.45, 2.75) is 18.9 Å². The first-order valence-corrected chi connectivity index (χ1v) is 4.77. The minimum absolute atomic E-state index is 0.156. The number of hydrogen-bond acceptors (Lipinski definition) is 1. The van der Waals surface area contributed by atoms with Gasteiger partial charge >= 0.3 is 0 Å². The molecular weight excluding hydrogens is 259 g/mol. The molecule has 0 saturated carbocycles. The lowest BCUT2D eigenvalue weighted by molar-refractivity contribution is 0.115. The van der Waals surface area contributed by atoms with E-state index in [2.05, 4.69) is 15.9 Å². The van der Waals surface area contributed by atoms with Gasteiger partial charge in [-0.1, -0.05) is 22.0 Å². The quantitative estimate of drug-likeness (QED) is 0.896. The molecule has 5 heteroatoms. The third kappa shape index (κ3) is 2.99. The minimum Gasteiger partial charge on any atom is -0.323 e. The first-order valence-electron chi connectivity index (χ1n) is 3.98. The molecule has 0 radical (unpaired) electrons. The number of hydrogen-bond donors (Lipinski definition) is 1. The Labute approximate surface area is 88.2 Å². The second-order valence-corrected chi connectivity index (χ2v) is 3.85. The lowest BCUT2D eigenvalue weighted by Gasteiger charge is -2.10. The Morgan fingerprint density at radius 3 is 2.50 bits per heavy atom. The van der Waals surface area contributed by atoms with E-state index < -0.39 is 18.3 Å². The molecule has 0 aliphatic rings. The van der Waals surface area contributed by atoms with Crippen molar-refractivity contribution in [1.29, 1.82) is 0 Å². The van der Waals surface area contributed by atoms with Crippen LogP contribution in [-0.4, -0.2) is 12.5 Å². The van der Waals surface area contributed by atoms with E-state index in [4.69, 9.17) is 5.73 Å². The zero-order chi connectivity index (χ0) is 10.7. The zero-order valence-electron chi connectivity index (χ0n) is 7.18. The van der Waals surface area contributed by atoms with Gasteiger partial charge in [0.1, 0.15) is 5.82 Å².